The van der Waals surface area contributed by atoms with Crippen LogP contribution in [0.2, 0.25) is 0 Å². The summed E-state index contributed by atoms with van der Waals surface area (Å²) in [5, 5.41) is 21.8. The van der Waals surface area contributed by atoms with Gasteiger partial charge in [-0.1, -0.05) is 237 Å². The Labute approximate surface area is 523 Å². The highest BCUT2D eigenvalue weighted by atomic mass is 32.1. The number of rotatable bonds is 9. The maximum absolute atomic E-state index is 13.0. The molecule has 4 heterocycles. The molecule has 418 valence electrons. The molecule has 0 atom stereocenters. The van der Waals surface area contributed by atoms with Crippen LogP contribution in [0.5, 0.6) is 0 Å². The number of benzene rings is 14. The molecule has 0 amide bonds. The molecule has 0 bridgehead atoms. The van der Waals surface area contributed by atoms with Crippen LogP contribution in [0, 0.1) is 11.3 Å². The predicted molar refractivity (Wildman–Crippen MR) is 380 cm³/mol. The van der Waals surface area contributed by atoms with E-state index in [1.165, 1.54) is 0 Å². The van der Waals surface area contributed by atoms with Crippen molar-refractivity contribution in [1.29, 1.82) is 5.26 Å². The van der Waals surface area contributed by atoms with Gasteiger partial charge in [0.2, 0.25) is 0 Å². The molecule has 90 heavy (non-hydrogen) atoms. The molecule has 0 unspecified atom stereocenters. The van der Waals surface area contributed by atoms with Crippen molar-refractivity contribution >= 4 is 96.9 Å². The van der Waals surface area contributed by atoms with Crippen molar-refractivity contribution in [3.05, 3.63) is 321 Å². The van der Waals surface area contributed by atoms with Gasteiger partial charge in [0.1, 0.15) is 11.6 Å². The molecule has 4 nitrogen and oxygen atoms in total. The Balaban J connectivity index is 1.05. The average molecular weight is 1160 g/mol. The molecule has 0 saturated heterocycles. The summed E-state index contributed by atoms with van der Waals surface area (Å²) in [6, 6.07) is 118. The van der Waals surface area contributed by atoms with Crippen LogP contribution in [0.3, 0.4) is 0 Å². The Hall–Kier alpha value is -11.8. The van der Waals surface area contributed by atoms with Crippen LogP contribution in [0.25, 0.3) is 169 Å². The second-order valence-electron chi connectivity index (χ2n) is 23.4. The summed E-state index contributed by atoms with van der Waals surface area (Å²) in [4.78, 5) is 0. The minimum absolute atomic E-state index is 0.567. The van der Waals surface area contributed by atoms with E-state index in [1.807, 2.05) is 0 Å². The van der Waals surface area contributed by atoms with Crippen LogP contribution in [0.15, 0.2) is 315 Å². The summed E-state index contributed by atoms with van der Waals surface area (Å²) in [5.41, 5.74) is 22.9. The fourth-order valence-corrected chi connectivity index (χ4v) is 15.6. The standard InChI is InChI=1S/C85H52N4S/c86-53-73-82(87-74-41-35-60(54-21-7-1-8-22-54)47-67(74)68-48-61(36-42-75(68)87)55-23-9-2-10-24-55)84(89-78-45-39-64(58-29-15-5-16-30-58)51-71(78)72-52-65(40-46-79(72)89)59-31-17-6-18-32-59)81-66-33-19-20-34-80(66)90-85(81)83(73)88-76-43-37-62(56-25-11-3-12-26-56)49-69(76)70-50-63(38-44-77(70)88)57-27-13-4-14-28-57/h1-52H. The van der Waals surface area contributed by atoms with Crippen LogP contribution in [-0.4, -0.2) is 13.7 Å². The first-order valence-electron chi connectivity index (χ1n) is 30.6. The van der Waals surface area contributed by atoms with Gasteiger partial charge in [-0.15, -0.1) is 11.3 Å². The lowest BCUT2D eigenvalue weighted by molar-refractivity contribution is 1.09. The average Bonchev–Trinajstić information content (AvgIpc) is 1.51. The van der Waals surface area contributed by atoms with Crippen LogP contribution >= 0.6 is 11.3 Å². The van der Waals surface area contributed by atoms with Gasteiger partial charge in [0, 0.05) is 47.8 Å². The van der Waals surface area contributed by atoms with E-state index >= 15 is 0 Å². The lowest BCUT2D eigenvalue weighted by atomic mass is 10.0. The van der Waals surface area contributed by atoms with Gasteiger partial charge in [-0.25, -0.2) is 0 Å². The highest BCUT2D eigenvalue weighted by Crippen LogP contribution is 2.52. The zero-order valence-corrected chi connectivity index (χ0v) is 49.5. The first-order chi connectivity index (χ1) is 44.6. The molecule has 0 aliphatic heterocycles. The second-order valence-corrected chi connectivity index (χ2v) is 24.5. The third-order valence-corrected chi connectivity index (χ3v) is 19.6. The van der Waals surface area contributed by atoms with E-state index in [0.29, 0.717) is 5.56 Å². The number of thiophene rings is 1. The molecule has 0 saturated carbocycles. The van der Waals surface area contributed by atoms with Gasteiger partial charge < -0.3 is 13.7 Å². The first kappa shape index (κ1) is 51.4. The van der Waals surface area contributed by atoms with Crippen molar-refractivity contribution in [1.82, 2.24) is 13.7 Å². The summed E-state index contributed by atoms with van der Waals surface area (Å²) in [7, 11) is 0. The lowest BCUT2D eigenvalue weighted by Crippen LogP contribution is -2.10. The van der Waals surface area contributed by atoms with Crippen molar-refractivity contribution in [2.24, 2.45) is 0 Å². The van der Waals surface area contributed by atoms with Gasteiger partial charge in [-0.3, -0.25) is 0 Å². The van der Waals surface area contributed by atoms with Crippen molar-refractivity contribution in [3.63, 3.8) is 0 Å². The third-order valence-electron chi connectivity index (χ3n) is 18.5. The predicted octanol–water partition coefficient (Wildman–Crippen LogP) is 23.2. The number of fused-ring (bicyclic) bond motifs is 12. The van der Waals surface area contributed by atoms with Gasteiger partial charge >= 0.3 is 0 Å². The van der Waals surface area contributed by atoms with Crippen LogP contribution in [0.1, 0.15) is 5.56 Å². The van der Waals surface area contributed by atoms with E-state index in [-0.39, 0.29) is 0 Å². The summed E-state index contributed by atoms with van der Waals surface area (Å²) < 4.78 is 9.54. The molecular weight excluding hydrogens is 1110 g/mol. The Morgan fingerprint density at radius 3 is 0.778 bits per heavy atom. The van der Waals surface area contributed by atoms with Gasteiger partial charge in [-0.05, 0) is 146 Å². The van der Waals surface area contributed by atoms with Crippen molar-refractivity contribution in [2.75, 3.05) is 0 Å². The minimum atomic E-state index is 0.567. The van der Waals surface area contributed by atoms with Crippen molar-refractivity contribution in [3.8, 4) is 89.9 Å². The van der Waals surface area contributed by atoms with Crippen LogP contribution < -0.4 is 0 Å². The molecule has 5 heteroatoms. The fraction of sp³-hybridized carbons (Fsp3) is 0. The maximum Gasteiger partial charge on any atom is 0.104 e. The summed E-state index contributed by atoms with van der Waals surface area (Å²) in [5.74, 6) is 0. The highest BCUT2D eigenvalue weighted by molar-refractivity contribution is 7.26. The summed E-state index contributed by atoms with van der Waals surface area (Å²) in [6.45, 7) is 0. The second kappa shape index (κ2) is 20.7. The highest BCUT2D eigenvalue weighted by Gasteiger charge is 2.32. The molecule has 0 radical (unpaired) electrons. The van der Waals surface area contributed by atoms with Gasteiger partial charge in [0.15, 0.2) is 0 Å². The van der Waals surface area contributed by atoms with Crippen molar-refractivity contribution in [2.45, 2.75) is 0 Å². The number of hydrogen-bond donors (Lipinski definition) is 0. The minimum Gasteiger partial charge on any atom is -0.306 e. The maximum atomic E-state index is 13.0. The van der Waals surface area contributed by atoms with Crippen LogP contribution in [0.4, 0.5) is 0 Å². The Kier molecular flexibility index (Phi) is 11.8. The zero-order valence-electron chi connectivity index (χ0n) is 48.7. The Morgan fingerprint density at radius 1 is 0.233 bits per heavy atom. The molecule has 14 aromatic carbocycles. The smallest absolute Gasteiger partial charge is 0.104 e. The van der Waals surface area contributed by atoms with E-state index in [2.05, 4.69) is 335 Å². The summed E-state index contributed by atoms with van der Waals surface area (Å²) in [6.07, 6.45) is 0. The molecule has 0 aliphatic rings. The fourth-order valence-electron chi connectivity index (χ4n) is 14.3. The normalized spacial score (nSPS) is 11.8. The lowest BCUT2D eigenvalue weighted by Gasteiger charge is -2.23. The largest absolute Gasteiger partial charge is 0.306 e. The van der Waals surface area contributed by atoms with Gasteiger partial charge in [-0.2, -0.15) is 5.26 Å². The molecule has 0 aliphatic carbocycles. The van der Waals surface area contributed by atoms with E-state index in [4.69, 9.17) is 0 Å². The molecule has 0 fully saturated rings. The zero-order chi connectivity index (χ0) is 59.4. The molecule has 18 rings (SSSR count). The number of hydrogen-bond acceptors (Lipinski definition) is 2. The number of aromatic nitrogens is 3. The van der Waals surface area contributed by atoms with Crippen LogP contribution in [-0.2, 0) is 0 Å². The van der Waals surface area contributed by atoms with Crippen molar-refractivity contribution < 1.29 is 0 Å². The first-order valence-corrected chi connectivity index (χ1v) is 31.4. The molecule has 18 aromatic rings. The molecule has 4 aromatic heterocycles. The molecule has 0 N–H and O–H groups in total. The SMILES string of the molecule is N#Cc1c(-n2c3ccc(-c4ccccc4)cc3c3cc(-c4ccccc4)ccc32)c(-n2c3ccc(-c4ccccc4)cc3c3cc(-c4ccccc4)ccc32)c2c(sc3ccccc32)c1-n1c2ccc(-c3ccccc3)cc2c2cc(-c3ccccc3)ccc21. The molecule has 0 spiro atoms. The Bertz CT molecular complexity index is 5640. The number of nitriles is 1. The number of nitrogens with zero attached hydrogens (tertiary/aromatic N) is 4. The van der Waals surface area contributed by atoms with E-state index in [9.17, 15) is 5.26 Å². The van der Waals surface area contributed by atoms with Gasteiger partial charge in [0.05, 0.1) is 54.9 Å². The summed E-state index contributed by atoms with van der Waals surface area (Å²) >= 11 is 1.77. The monoisotopic (exact) mass is 1160 g/mol. The van der Waals surface area contributed by atoms with E-state index < -0.39 is 0 Å². The molecular formula is C85H52N4S. The van der Waals surface area contributed by atoms with E-state index in [0.717, 1.165) is 169 Å². The van der Waals surface area contributed by atoms with Gasteiger partial charge in [0.25, 0.3) is 0 Å². The quantitative estimate of drug-likeness (QED) is 0.142. The third kappa shape index (κ3) is 8.06. The van der Waals surface area contributed by atoms with E-state index in [1.54, 1.807) is 11.3 Å². The Morgan fingerprint density at radius 2 is 0.489 bits per heavy atom. The topological polar surface area (TPSA) is 38.6 Å².